The minimum absolute atomic E-state index is 0.0621. The van der Waals surface area contributed by atoms with Gasteiger partial charge in [-0.05, 0) is 17.7 Å². The number of allylic oxidation sites excluding steroid dienone is 1. The van der Waals surface area contributed by atoms with Gasteiger partial charge in [0.25, 0.3) is 5.78 Å². The third-order valence-corrected chi connectivity index (χ3v) is 1.88. The number of benzene rings is 1. The van der Waals surface area contributed by atoms with Crippen LogP contribution < -0.4 is 0 Å². The Balaban J connectivity index is 2.68. The largest absolute Gasteiger partial charge is 0.362 e. The molecule has 13 heavy (non-hydrogen) atoms. The number of carbonyl (C=O) groups excluding carboxylic acids is 1. The van der Waals surface area contributed by atoms with E-state index in [1.54, 1.807) is 24.3 Å². The third kappa shape index (κ3) is 1.11. The van der Waals surface area contributed by atoms with Crippen molar-refractivity contribution in [3.63, 3.8) is 0 Å². The summed E-state index contributed by atoms with van der Waals surface area (Å²) < 4.78 is 0. The van der Waals surface area contributed by atoms with Crippen molar-refractivity contribution < 1.29 is 9.58 Å². The Labute approximate surface area is 74.9 Å². The van der Waals surface area contributed by atoms with Crippen LogP contribution in [0.3, 0.4) is 0 Å². The maximum atomic E-state index is 11.5. The van der Waals surface area contributed by atoms with Crippen molar-refractivity contribution >= 4 is 17.6 Å². The molecule has 0 saturated heterocycles. The van der Waals surface area contributed by atoms with Crippen LogP contribution in [0, 0.1) is 6.07 Å². The number of rotatable bonds is 0. The molecule has 1 radical (unpaired) electrons. The molecule has 0 amide bonds. The fraction of sp³-hybridized carbons (Fsp3) is 0. The van der Waals surface area contributed by atoms with Crippen molar-refractivity contribution in [3.05, 3.63) is 47.0 Å². The lowest BCUT2D eigenvalue weighted by Gasteiger charge is -2.03. The van der Waals surface area contributed by atoms with Crippen LogP contribution >= 0.6 is 0 Å². The molecular weight excluding hydrogens is 164 g/mol. The summed E-state index contributed by atoms with van der Waals surface area (Å²) in [4.78, 5) is 14.4. The fourth-order valence-corrected chi connectivity index (χ4v) is 1.24. The van der Waals surface area contributed by atoms with Gasteiger partial charge in [-0.3, -0.25) is 4.79 Å². The van der Waals surface area contributed by atoms with Gasteiger partial charge in [-0.25, -0.2) is 0 Å². The summed E-state index contributed by atoms with van der Waals surface area (Å²) in [6.07, 6.45) is 3.17. The molecule has 3 nitrogen and oxygen atoms in total. The average Bonchev–Trinajstić information content (AvgIpc) is 2.19. The molecule has 0 aromatic heterocycles. The predicted molar refractivity (Wildman–Crippen MR) is 47.3 cm³/mol. The molecule has 1 aromatic carbocycles. The number of carbonyl (C=O) groups is 1. The van der Waals surface area contributed by atoms with Crippen molar-refractivity contribution in [2.75, 3.05) is 0 Å². The van der Waals surface area contributed by atoms with E-state index < -0.39 is 0 Å². The monoisotopic (exact) mass is 169 g/mol. The van der Waals surface area contributed by atoms with Crippen molar-refractivity contribution in [2.24, 2.45) is 0 Å². The SMILES string of the molecule is [N-]=[N+]=C1C=Cc2[c]cccc2C1=O. The molecule has 0 fully saturated rings. The highest BCUT2D eigenvalue weighted by atomic mass is 16.1. The molecule has 1 aliphatic carbocycles. The van der Waals surface area contributed by atoms with Crippen LogP contribution in [0.4, 0.5) is 0 Å². The molecule has 0 saturated carbocycles. The van der Waals surface area contributed by atoms with Crippen molar-refractivity contribution in [3.8, 4) is 0 Å². The molecule has 1 aromatic rings. The van der Waals surface area contributed by atoms with Crippen molar-refractivity contribution in [1.29, 1.82) is 0 Å². The Hall–Kier alpha value is -1.99. The zero-order valence-electron chi connectivity index (χ0n) is 6.69. The van der Waals surface area contributed by atoms with E-state index in [1.165, 1.54) is 6.08 Å². The summed E-state index contributed by atoms with van der Waals surface area (Å²) in [5.41, 5.74) is 9.82. The molecule has 0 N–H and O–H groups in total. The Morgan fingerprint density at radius 3 is 3.00 bits per heavy atom. The summed E-state index contributed by atoms with van der Waals surface area (Å²) in [5.74, 6) is -0.267. The topological polar surface area (TPSA) is 53.5 Å². The molecule has 2 rings (SSSR count). The van der Waals surface area contributed by atoms with E-state index in [-0.39, 0.29) is 11.5 Å². The first kappa shape index (κ1) is 7.65. The number of ketones is 1. The zero-order valence-corrected chi connectivity index (χ0v) is 6.69. The van der Waals surface area contributed by atoms with Crippen LogP contribution in [0.1, 0.15) is 15.9 Å². The van der Waals surface area contributed by atoms with E-state index in [0.717, 1.165) is 5.56 Å². The molecule has 0 heterocycles. The van der Waals surface area contributed by atoms with Gasteiger partial charge in [0, 0.05) is 11.6 Å². The molecule has 0 atom stereocenters. The quantitative estimate of drug-likeness (QED) is 0.427. The molecule has 3 heteroatoms. The van der Waals surface area contributed by atoms with Gasteiger partial charge in [-0.15, -0.1) is 0 Å². The van der Waals surface area contributed by atoms with Gasteiger partial charge in [0.15, 0.2) is 0 Å². The summed E-state index contributed by atoms with van der Waals surface area (Å²) >= 11 is 0. The molecule has 0 spiro atoms. The second kappa shape index (κ2) is 2.81. The van der Waals surface area contributed by atoms with Gasteiger partial charge in [-0.1, -0.05) is 18.2 Å². The first-order chi connectivity index (χ1) is 6.33. The molecule has 0 aliphatic heterocycles. The lowest BCUT2D eigenvalue weighted by Crippen LogP contribution is -2.17. The third-order valence-electron chi connectivity index (χ3n) is 1.88. The standard InChI is InChI=1S/C10H5N2O/c11-12-9-6-5-7-3-1-2-4-8(7)10(9)13/h1-2,4-6H. The van der Waals surface area contributed by atoms with E-state index in [2.05, 4.69) is 10.9 Å². The second-order valence-corrected chi connectivity index (χ2v) is 2.65. The van der Waals surface area contributed by atoms with E-state index >= 15 is 0 Å². The fourth-order valence-electron chi connectivity index (χ4n) is 1.24. The Morgan fingerprint density at radius 1 is 1.38 bits per heavy atom. The highest BCUT2D eigenvalue weighted by Crippen LogP contribution is 2.15. The summed E-state index contributed by atoms with van der Waals surface area (Å²) in [5, 5.41) is 0. The Morgan fingerprint density at radius 2 is 2.23 bits per heavy atom. The first-order valence-corrected chi connectivity index (χ1v) is 3.78. The first-order valence-electron chi connectivity index (χ1n) is 3.78. The van der Waals surface area contributed by atoms with Gasteiger partial charge in [0.05, 0.1) is 0 Å². The van der Waals surface area contributed by atoms with Crippen LogP contribution in [0.25, 0.3) is 11.6 Å². The van der Waals surface area contributed by atoms with Crippen molar-refractivity contribution in [1.82, 2.24) is 0 Å². The minimum Gasteiger partial charge on any atom is -0.361 e. The highest BCUT2D eigenvalue weighted by molar-refractivity contribution is 6.50. The van der Waals surface area contributed by atoms with Crippen LogP contribution in [0.5, 0.6) is 0 Å². The lowest BCUT2D eigenvalue weighted by atomic mass is 9.95. The van der Waals surface area contributed by atoms with Gasteiger partial charge in [0.2, 0.25) is 0 Å². The van der Waals surface area contributed by atoms with Gasteiger partial charge < -0.3 is 5.53 Å². The van der Waals surface area contributed by atoms with E-state index in [1.807, 2.05) is 0 Å². The number of Topliss-reactive ketones (excluding diaryl/α,β-unsaturated/α-hetero) is 1. The molecule has 0 bridgehead atoms. The number of nitrogens with zero attached hydrogens (tertiary/aromatic N) is 2. The van der Waals surface area contributed by atoms with E-state index in [9.17, 15) is 4.79 Å². The summed E-state index contributed by atoms with van der Waals surface area (Å²) in [7, 11) is 0. The maximum absolute atomic E-state index is 11.5. The predicted octanol–water partition coefficient (Wildman–Crippen LogP) is 1.37. The van der Waals surface area contributed by atoms with Gasteiger partial charge >= 0.3 is 5.71 Å². The van der Waals surface area contributed by atoms with Crippen LogP contribution in [-0.4, -0.2) is 16.3 Å². The average molecular weight is 169 g/mol. The van der Waals surface area contributed by atoms with E-state index in [4.69, 9.17) is 5.53 Å². The van der Waals surface area contributed by atoms with Crippen molar-refractivity contribution in [2.45, 2.75) is 0 Å². The molecule has 0 unspecified atom stereocenters. The lowest BCUT2D eigenvalue weighted by molar-refractivity contribution is -0.00435. The Bertz CT molecular complexity index is 454. The molecular formula is C10H5N2O. The van der Waals surface area contributed by atoms with Gasteiger partial charge in [0.1, 0.15) is 0 Å². The normalized spacial score (nSPS) is 13.8. The summed E-state index contributed by atoms with van der Waals surface area (Å²) in [6.45, 7) is 0. The Kier molecular flexibility index (Phi) is 1.65. The number of hydrogen-bond acceptors (Lipinski definition) is 1. The molecule has 61 valence electrons. The summed E-state index contributed by atoms with van der Waals surface area (Å²) in [6, 6.07) is 8.06. The smallest absolute Gasteiger partial charge is 0.361 e. The van der Waals surface area contributed by atoms with Gasteiger partial charge in [-0.2, -0.15) is 4.79 Å². The minimum atomic E-state index is -0.267. The highest BCUT2D eigenvalue weighted by Gasteiger charge is 2.24. The molecule has 1 aliphatic rings. The number of hydrogen-bond donors (Lipinski definition) is 0. The van der Waals surface area contributed by atoms with Crippen LogP contribution in [0.15, 0.2) is 24.3 Å². The van der Waals surface area contributed by atoms with Crippen LogP contribution in [0.2, 0.25) is 0 Å². The second-order valence-electron chi connectivity index (χ2n) is 2.65. The zero-order chi connectivity index (χ0) is 9.26. The maximum Gasteiger partial charge on any atom is 0.362 e. The number of fused-ring (bicyclic) bond motifs is 1. The van der Waals surface area contributed by atoms with Crippen LogP contribution in [-0.2, 0) is 0 Å². The van der Waals surface area contributed by atoms with E-state index in [0.29, 0.717) is 5.56 Å².